The highest BCUT2D eigenvalue weighted by atomic mass is 16.6. The van der Waals surface area contributed by atoms with Gasteiger partial charge in [-0.3, -0.25) is 14.9 Å². The SMILES string of the molecule is C[C@H](O)C[C@H]1CCCN1C(=O)c1ccc(N)c([N+](=O)[O-])c1. The molecule has 0 saturated carbocycles. The van der Waals surface area contributed by atoms with Gasteiger partial charge in [0.2, 0.25) is 0 Å². The molecule has 0 aliphatic carbocycles. The number of rotatable bonds is 4. The van der Waals surface area contributed by atoms with Gasteiger partial charge in [-0.25, -0.2) is 0 Å². The number of carbonyl (C=O) groups is 1. The lowest BCUT2D eigenvalue weighted by Gasteiger charge is -2.25. The van der Waals surface area contributed by atoms with Crippen molar-refractivity contribution in [2.75, 3.05) is 12.3 Å². The zero-order chi connectivity index (χ0) is 15.6. The molecule has 7 heteroatoms. The van der Waals surface area contributed by atoms with Crippen LogP contribution in [0.2, 0.25) is 0 Å². The number of nitro benzene ring substituents is 1. The van der Waals surface area contributed by atoms with Gasteiger partial charge in [0.15, 0.2) is 0 Å². The molecule has 1 aromatic carbocycles. The lowest BCUT2D eigenvalue weighted by Crippen LogP contribution is -2.37. The summed E-state index contributed by atoms with van der Waals surface area (Å²) < 4.78 is 0. The zero-order valence-corrected chi connectivity index (χ0v) is 11.9. The summed E-state index contributed by atoms with van der Waals surface area (Å²) in [4.78, 5) is 24.5. The molecule has 7 nitrogen and oxygen atoms in total. The van der Waals surface area contributed by atoms with Gasteiger partial charge in [-0.2, -0.15) is 0 Å². The number of nitro groups is 1. The average Bonchev–Trinajstić information content (AvgIpc) is 2.85. The first-order valence-electron chi connectivity index (χ1n) is 6.93. The fourth-order valence-electron chi connectivity index (χ4n) is 2.74. The minimum atomic E-state index is -0.594. The molecule has 1 saturated heterocycles. The van der Waals surface area contributed by atoms with Crippen LogP contribution in [0.3, 0.4) is 0 Å². The molecule has 1 aromatic rings. The van der Waals surface area contributed by atoms with Crippen molar-refractivity contribution >= 4 is 17.3 Å². The summed E-state index contributed by atoms with van der Waals surface area (Å²) in [5.41, 5.74) is 5.58. The van der Waals surface area contributed by atoms with Gasteiger partial charge in [0.05, 0.1) is 11.0 Å². The summed E-state index contributed by atoms with van der Waals surface area (Å²) >= 11 is 0. The van der Waals surface area contributed by atoms with Gasteiger partial charge in [0, 0.05) is 24.2 Å². The van der Waals surface area contributed by atoms with Crippen LogP contribution in [0.15, 0.2) is 18.2 Å². The number of amides is 1. The molecule has 0 bridgehead atoms. The van der Waals surface area contributed by atoms with Gasteiger partial charge in [-0.05, 0) is 38.3 Å². The van der Waals surface area contributed by atoms with E-state index in [9.17, 15) is 20.0 Å². The number of nitrogen functional groups attached to an aromatic ring is 1. The van der Waals surface area contributed by atoms with E-state index in [-0.39, 0.29) is 28.9 Å². The smallest absolute Gasteiger partial charge is 0.292 e. The van der Waals surface area contributed by atoms with Gasteiger partial charge in [-0.1, -0.05) is 0 Å². The van der Waals surface area contributed by atoms with Crippen LogP contribution in [-0.2, 0) is 0 Å². The minimum absolute atomic E-state index is 0.0193. The highest BCUT2D eigenvalue weighted by Crippen LogP contribution is 2.27. The maximum Gasteiger partial charge on any atom is 0.292 e. The number of hydrogen-bond donors (Lipinski definition) is 2. The number of hydrogen-bond acceptors (Lipinski definition) is 5. The molecule has 21 heavy (non-hydrogen) atoms. The molecular weight excluding hydrogens is 274 g/mol. The predicted octanol–water partition coefficient (Wildman–Crippen LogP) is 1.55. The Morgan fingerprint density at radius 2 is 2.33 bits per heavy atom. The Morgan fingerprint density at radius 1 is 1.62 bits per heavy atom. The first kappa shape index (κ1) is 15.2. The third kappa shape index (κ3) is 3.30. The molecule has 1 amide bonds. The summed E-state index contributed by atoms with van der Waals surface area (Å²) in [6, 6.07) is 4.08. The number of nitrogens with two attached hydrogens (primary N) is 1. The van der Waals surface area contributed by atoms with E-state index in [1.54, 1.807) is 11.8 Å². The summed E-state index contributed by atoms with van der Waals surface area (Å²) in [6.07, 6.45) is 1.75. The molecular formula is C14H19N3O4. The normalized spacial score (nSPS) is 19.5. The van der Waals surface area contributed by atoms with E-state index in [0.717, 1.165) is 12.8 Å². The fraction of sp³-hybridized carbons (Fsp3) is 0.500. The van der Waals surface area contributed by atoms with Crippen LogP contribution >= 0.6 is 0 Å². The van der Waals surface area contributed by atoms with Crippen molar-refractivity contribution in [2.45, 2.75) is 38.3 Å². The maximum atomic E-state index is 12.5. The van der Waals surface area contributed by atoms with Crippen LogP contribution in [0, 0.1) is 10.1 Å². The lowest BCUT2D eigenvalue weighted by molar-refractivity contribution is -0.383. The Labute approximate surface area is 122 Å². The quantitative estimate of drug-likeness (QED) is 0.497. The van der Waals surface area contributed by atoms with Crippen molar-refractivity contribution < 1.29 is 14.8 Å². The second-order valence-corrected chi connectivity index (χ2v) is 5.41. The molecule has 1 fully saturated rings. The largest absolute Gasteiger partial charge is 0.393 e. The van der Waals surface area contributed by atoms with Gasteiger partial charge in [0.25, 0.3) is 11.6 Å². The van der Waals surface area contributed by atoms with Crippen LogP contribution < -0.4 is 5.73 Å². The number of benzene rings is 1. The molecule has 0 radical (unpaired) electrons. The van der Waals surface area contributed by atoms with E-state index in [1.165, 1.54) is 18.2 Å². The minimum Gasteiger partial charge on any atom is -0.393 e. The molecule has 2 atom stereocenters. The number of carbonyl (C=O) groups excluding carboxylic acids is 1. The molecule has 1 heterocycles. The van der Waals surface area contributed by atoms with Gasteiger partial charge >= 0.3 is 0 Å². The van der Waals surface area contributed by atoms with E-state index in [1.807, 2.05) is 0 Å². The van der Waals surface area contributed by atoms with Gasteiger partial charge < -0.3 is 15.7 Å². The van der Waals surface area contributed by atoms with Crippen LogP contribution in [0.4, 0.5) is 11.4 Å². The Bertz CT molecular complexity index is 559. The number of anilines is 1. The number of aliphatic hydroxyl groups is 1. The van der Waals surface area contributed by atoms with Crippen molar-refractivity contribution in [2.24, 2.45) is 0 Å². The maximum absolute atomic E-state index is 12.5. The number of nitrogens with zero attached hydrogens (tertiary/aromatic N) is 2. The summed E-state index contributed by atoms with van der Waals surface area (Å²) in [5.74, 6) is -0.249. The van der Waals surface area contributed by atoms with Crippen molar-refractivity contribution in [1.29, 1.82) is 0 Å². The Balaban J connectivity index is 2.23. The van der Waals surface area contributed by atoms with E-state index < -0.39 is 11.0 Å². The highest BCUT2D eigenvalue weighted by Gasteiger charge is 2.31. The van der Waals surface area contributed by atoms with Crippen LogP contribution in [0.1, 0.15) is 36.5 Å². The molecule has 0 spiro atoms. The molecule has 114 valence electrons. The van der Waals surface area contributed by atoms with Crippen LogP contribution in [0.5, 0.6) is 0 Å². The summed E-state index contributed by atoms with van der Waals surface area (Å²) in [7, 11) is 0. The molecule has 0 aromatic heterocycles. The third-order valence-electron chi connectivity index (χ3n) is 3.73. The second kappa shape index (κ2) is 6.09. The molecule has 1 aliphatic rings. The number of aliphatic hydroxyl groups excluding tert-OH is 1. The van der Waals surface area contributed by atoms with Crippen molar-refractivity contribution in [3.8, 4) is 0 Å². The average molecular weight is 293 g/mol. The molecule has 1 aliphatic heterocycles. The molecule has 3 N–H and O–H groups in total. The zero-order valence-electron chi connectivity index (χ0n) is 11.9. The van der Waals surface area contributed by atoms with E-state index in [2.05, 4.69) is 0 Å². The predicted molar refractivity (Wildman–Crippen MR) is 77.9 cm³/mol. The molecule has 0 unspecified atom stereocenters. The van der Waals surface area contributed by atoms with Crippen molar-refractivity contribution in [1.82, 2.24) is 4.90 Å². The van der Waals surface area contributed by atoms with Crippen LogP contribution in [-0.4, -0.2) is 39.5 Å². The highest BCUT2D eigenvalue weighted by molar-refractivity contribution is 5.96. The third-order valence-corrected chi connectivity index (χ3v) is 3.73. The van der Waals surface area contributed by atoms with Gasteiger partial charge in [0.1, 0.15) is 5.69 Å². The summed E-state index contributed by atoms with van der Waals surface area (Å²) in [5, 5.41) is 20.4. The lowest BCUT2D eigenvalue weighted by atomic mass is 10.1. The van der Waals surface area contributed by atoms with Crippen LogP contribution in [0.25, 0.3) is 0 Å². The monoisotopic (exact) mass is 293 g/mol. The fourth-order valence-corrected chi connectivity index (χ4v) is 2.74. The van der Waals surface area contributed by atoms with Crippen molar-refractivity contribution in [3.05, 3.63) is 33.9 Å². The summed E-state index contributed by atoms with van der Waals surface area (Å²) in [6.45, 7) is 2.30. The number of likely N-dealkylation sites (tertiary alicyclic amines) is 1. The van der Waals surface area contributed by atoms with Gasteiger partial charge in [-0.15, -0.1) is 0 Å². The topological polar surface area (TPSA) is 110 Å². The van der Waals surface area contributed by atoms with E-state index in [0.29, 0.717) is 13.0 Å². The standard InChI is InChI=1S/C14H19N3O4/c1-9(18)7-11-3-2-6-16(11)14(19)10-4-5-12(15)13(8-10)17(20)21/h4-5,8-9,11,18H,2-3,6-7,15H2,1H3/t9-,11+/m0/s1. The Kier molecular flexibility index (Phi) is 4.42. The first-order chi connectivity index (χ1) is 9.90. The first-order valence-corrected chi connectivity index (χ1v) is 6.93. The Hall–Kier alpha value is -2.15. The van der Waals surface area contributed by atoms with E-state index in [4.69, 9.17) is 5.73 Å². The van der Waals surface area contributed by atoms with E-state index >= 15 is 0 Å². The molecule has 2 rings (SSSR count). The van der Waals surface area contributed by atoms with Crippen molar-refractivity contribution in [3.63, 3.8) is 0 Å². The Morgan fingerprint density at radius 3 is 2.95 bits per heavy atom. The second-order valence-electron chi connectivity index (χ2n) is 5.41.